The molecule has 0 atom stereocenters. The first kappa shape index (κ1) is 12.7. The van der Waals surface area contributed by atoms with Gasteiger partial charge in [-0.25, -0.2) is 0 Å². The number of phenolic OH excluding ortho intramolecular Hbond substituents is 1. The Labute approximate surface area is 106 Å². The number of benzene rings is 1. The van der Waals surface area contributed by atoms with Gasteiger partial charge >= 0.3 is 0 Å². The number of phenols is 1. The average molecular weight is 256 g/mol. The molecule has 0 aliphatic heterocycles. The lowest BCUT2D eigenvalue weighted by atomic mass is 9.98. The molecule has 0 saturated heterocycles. The van der Waals surface area contributed by atoms with E-state index in [1.807, 2.05) is 6.07 Å². The van der Waals surface area contributed by atoms with E-state index in [1.165, 1.54) is 12.8 Å². The number of rotatable bonds is 4. The molecule has 4 heteroatoms. The van der Waals surface area contributed by atoms with E-state index in [0.717, 1.165) is 18.4 Å². The molecular weight excluding hydrogens is 238 g/mol. The van der Waals surface area contributed by atoms with Crippen LogP contribution in [0.4, 0.5) is 0 Å². The van der Waals surface area contributed by atoms with Crippen molar-refractivity contribution in [1.82, 2.24) is 5.32 Å². The SMILES string of the molecule is OCC1(NCc2ccc(O)c(Cl)c2)CCCC1. The largest absolute Gasteiger partial charge is 0.506 e. The Morgan fingerprint density at radius 1 is 1.29 bits per heavy atom. The lowest BCUT2D eigenvalue weighted by Crippen LogP contribution is -2.45. The van der Waals surface area contributed by atoms with Crippen LogP contribution in [0.5, 0.6) is 5.75 Å². The monoisotopic (exact) mass is 255 g/mol. The van der Waals surface area contributed by atoms with Crippen LogP contribution in [0, 0.1) is 0 Å². The summed E-state index contributed by atoms with van der Waals surface area (Å²) in [6, 6.07) is 5.19. The van der Waals surface area contributed by atoms with Gasteiger partial charge in [0.25, 0.3) is 0 Å². The lowest BCUT2D eigenvalue weighted by Gasteiger charge is -2.28. The minimum Gasteiger partial charge on any atom is -0.506 e. The Balaban J connectivity index is 1.99. The molecule has 0 amide bonds. The van der Waals surface area contributed by atoms with Crippen LogP contribution in [-0.2, 0) is 6.54 Å². The second-order valence-corrected chi connectivity index (χ2v) is 5.19. The molecule has 0 bridgehead atoms. The highest BCUT2D eigenvalue weighted by atomic mass is 35.5. The predicted octanol–water partition coefficient (Wildman–Crippen LogP) is 2.44. The molecule has 2 rings (SSSR count). The fourth-order valence-corrected chi connectivity index (χ4v) is 2.60. The van der Waals surface area contributed by atoms with Crippen molar-refractivity contribution < 1.29 is 10.2 Å². The van der Waals surface area contributed by atoms with Gasteiger partial charge in [0.05, 0.1) is 11.6 Å². The third kappa shape index (κ3) is 2.92. The van der Waals surface area contributed by atoms with Crippen molar-refractivity contribution in [2.45, 2.75) is 37.8 Å². The minimum atomic E-state index is -0.121. The fraction of sp³-hybridized carbons (Fsp3) is 0.538. The first-order valence-electron chi connectivity index (χ1n) is 5.98. The summed E-state index contributed by atoms with van der Waals surface area (Å²) < 4.78 is 0. The van der Waals surface area contributed by atoms with Gasteiger partial charge in [-0.05, 0) is 30.5 Å². The van der Waals surface area contributed by atoms with E-state index < -0.39 is 0 Å². The Morgan fingerprint density at radius 2 is 2.00 bits per heavy atom. The number of aromatic hydroxyl groups is 1. The maximum absolute atomic E-state index is 9.46. The fourth-order valence-electron chi connectivity index (χ4n) is 2.39. The first-order valence-corrected chi connectivity index (χ1v) is 6.36. The van der Waals surface area contributed by atoms with Gasteiger partial charge in [-0.1, -0.05) is 30.5 Å². The number of halogens is 1. The van der Waals surface area contributed by atoms with Gasteiger partial charge in [0.2, 0.25) is 0 Å². The molecule has 1 aliphatic carbocycles. The van der Waals surface area contributed by atoms with Gasteiger partial charge in [-0.2, -0.15) is 0 Å². The molecule has 94 valence electrons. The van der Waals surface area contributed by atoms with Crippen molar-refractivity contribution in [3.05, 3.63) is 28.8 Å². The molecule has 0 radical (unpaired) electrons. The minimum absolute atomic E-state index is 0.105. The van der Waals surface area contributed by atoms with E-state index in [1.54, 1.807) is 12.1 Å². The summed E-state index contributed by atoms with van der Waals surface area (Å²) in [5, 5.41) is 22.6. The molecule has 1 fully saturated rings. The predicted molar refractivity (Wildman–Crippen MR) is 68.2 cm³/mol. The van der Waals surface area contributed by atoms with Gasteiger partial charge < -0.3 is 15.5 Å². The second-order valence-electron chi connectivity index (χ2n) is 4.78. The van der Waals surface area contributed by atoms with Crippen molar-refractivity contribution in [2.75, 3.05) is 6.61 Å². The molecule has 0 heterocycles. The molecular formula is C13H18ClNO2. The number of aliphatic hydroxyl groups is 1. The maximum Gasteiger partial charge on any atom is 0.134 e. The topological polar surface area (TPSA) is 52.5 Å². The summed E-state index contributed by atoms with van der Waals surface area (Å²) in [4.78, 5) is 0. The standard InChI is InChI=1S/C13H18ClNO2/c14-11-7-10(3-4-12(11)17)8-15-13(9-16)5-1-2-6-13/h3-4,7,15-17H,1-2,5-6,8-9H2. The number of nitrogens with one attached hydrogen (secondary N) is 1. The molecule has 1 aliphatic rings. The van der Waals surface area contributed by atoms with E-state index in [2.05, 4.69) is 5.32 Å². The molecule has 0 spiro atoms. The molecule has 3 nitrogen and oxygen atoms in total. The van der Waals surface area contributed by atoms with Crippen LogP contribution >= 0.6 is 11.6 Å². The van der Waals surface area contributed by atoms with Gasteiger partial charge in [0, 0.05) is 12.1 Å². The number of aliphatic hydroxyl groups excluding tert-OH is 1. The van der Waals surface area contributed by atoms with Crippen molar-refractivity contribution in [3.8, 4) is 5.75 Å². The van der Waals surface area contributed by atoms with E-state index in [-0.39, 0.29) is 17.9 Å². The molecule has 0 unspecified atom stereocenters. The van der Waals surface area contributed by atoms with Crippen LogP contribution in [0.3, 0.4) is 0 Å². The van der Waals surface area contributed by atoms with Gasteiger partial charge in [-0.3, -0.25) is 0 Å². The third-order valence-corrected chi connectivity index (χ3v) is 3.85. The van der Waals surface area contributed by atoms with Crippen LogP contribution in [0.1, 0.15) is 31.2 Å². The summed E-state index contributed by atoms with van der Waals surface area (Å²) in [6.45, 7) is 0.847. The molecule has 17 heavy (non-hydrogen) atoms. The highest BCUT2D eigenvalue weighted by molar-refractivity contribution is 6.32. The normalized spacial score (nSPS) is 18.5. The van der Waals surface area contributed by atoms with E-state index in [9.17, 15) is 10.2 Å². The summed E-state index contributed by atoms with van der Waals surface area (Å²) in [7, 11) is 0. The Kier molecular flexibility index (Phi) is 3.92. The van der Waals surface area contributed by atoms with Gasteiger partial charge in [0.1, 0.15) is 5.75 Å². The Morgan fingerprint density at radius 3 is 2.59 bits per heavy atom. The van der Waals surface area contributed by atoms with Gasteiger partial charge in [0.15, 0.2) is 0 Å². The molecule has 1 aromatic carbocycles. The molecule has 3 N–H and O–H groups in total. The molecule has 1 saturated carbocycles. The lowest BCUT2D eigenvalue weighted by molar-refractivity contribution is 0.163. The van der Waals surface area contributed by atoms with Crippen LogP contribution < -0.4 is 5.32 Å². The van der Waals surface area contributed by atoms with Crippen molar-refractivity contribution >= 4 is 11.6 Å². The summed E-state index contributed by atoms with van der Waals surface area (Å²) >= 11 is 5.85. The van der Waals surface area contributed by atoms with Gasteiger partial charge in [-0.15, -0.1) is 0 Å². The third-order valence-electron chi connectivity index (χ3n) is 3.54. The number of hydrogen-bond acceptors (Lipinski definition) is 3. The van der Waals surface area contributed by atoms with Crippen LogP contribution in [0.15, 0.2) is 18.2 Å². The highest BCUT2D eigenvalue weighted by Gasteiger charge is 2.32. The van der Waals surface area contributed by atoms with Crippen molar-refractivity contribution in [2.24, 2.45) is 0 Å². The van der Waals surface area contributed by atoms with E-state index >= 15 is 0 Å². The first-order chi connectivity index (χ1) is 8.15. The zero-order valence-electron chi connectivity index (χ0n) is 9.75. The molecule has 0 aromatic heterocycles. The quantitative estimate of drug-likeness (QED) is 0.775. The average Bonchev–Trinajstić information content (AvgIpc) is 2.80. The summed E-state index contributed by atoms with van der Waals surface area (Å²) in [5.74, 6) is 0.105. The molecule has 1 aromatic rings. The van der Waals surface area contributed by atoms with E-state index in [0.29, 0.717) is 11.6 Å². The van der Waals surface area contributed by atoms with Crippen LogP contribution in [0.25, 0.3) is 0 Å². The zero-order chi connectivity index (χ0) is 12.3. The van der Waals surface area contributed by atoms with Crippen molar-refractivity contribution in [1.29, 1.82) is 0 Å². The summed E-state index contributed by atoms with van der Waals surface area (Å²) in [5.41, 5.74) is 0.900. The maximum atomic E-state index is 9.46. The van der Waals surface area contributed by atoms with Crippen LogP contribution in [-0.4, -0.2) is 22.4 Å². The Bertz CT molecular complexity index is 389. The zero-order valence-corrected chi connectivity index (χ0v) is 10.5. The van der Waals surface area contributed by atoms with Crippen molar-refractivity contribution in [3.63, 3.8) is 0 Å². The van der Waals surface area contributed by atoms with Crippen LogP contribution in [0.2, 0.25) is 5.02 Å². The highest BCUT2D eigenvalue weighted by Crippen LogP contribution is 2.30. The number of hydrogen-bond donors (Lipinski definition) is 3. The Hall–Kier alpha value is -0.770. The van der Waals surface area contributed by atoms with E-state index in [4.69, 9.17) is 11.6 Å². The smallest absolute Gasteiger partial charge is 0.134 e. The second kappa shape index (κ2) is 5.25. The summed E-state index contributed by atoms with van der Waals surface area (Å²) in [6.07, 6.45) is 4.39.